The molecule has 0 aliphatic carbocycles. The second-order valence-corrected chi connectivity index (χ2v) is 4.97. The van der Waals surface area contributed by atoms with Crippen molar-refractivity contribution in [3.63, 3.8) is 0 Å². The van der Waals surface area contributed by atoms with Crippen molar-refractivity contribution in [2.24, 2.45) is 0 Å². The predicted octanol–water partition coefficient (Wildman–Crippen LogP) is 2.20. The molecule has 2 N–H and O–H groups in total. The zero-order valence-corrected chi connectivity index (χ0v) is 11.6. The van der Waals surface area contributed by atoms with Gasteiger partial charge in [0.1, 0.15) is 5.01 Å². The van der Waals surface area contributed by atoms with Crippen molar-refractivity contribution in [1.29, 1.82) is 0 Å². The number of rotatable bonds is 5. The van der Waals surface area contributed by atoms with Crippen LogP contribution in [0.15, 0.2) is 6.20 Å². The molecule has 0 saturated heterocycles. The molecule has 0 bridgehead atoms. The normalized spacial score (nSPS) is 10.4. The van der Waals surface area contributed by atoms with Gasteiger partial charge in [-0.3, -0.25) is 0 Å². The Balaban J connectivity index is 2.03. The molecule has 2 aromatic heterocycles. The summed E-state index contributed by atoms with van der Waals surface area (Å²) >= 11 is 7.45. The number of aryl methyl sites for hydroxylation is 1. The first-order valence-electron chi connectivity index (χ1n) is 5.48. The highest BCUT2D eigenvalue weighted by atomic mass is 35.5. The van der Waals surface area contributed by atoms with Crippen molar-refractivity contribution in [2.45, 2.75) is 19.9 Å². The number of hydrogen-bond acceptors (Lipinski definition) is 7. The third kappa shape index (κ3) is 3.27. The fraction of sp³-hybridized carbons (Fsp3) is 0.400. The second-order valence-electron chi connectivity index (χ2n) is 3.43. The molecule has 0 aliphatic heterocycles. The van der Waals surface area contributed by atoms with Crippen LogP contribution in [0.25, 0.3) is 0 Å². The van der Waals surface area contributed by atoms with E-state index >= 15 is 0 Å². The predicted molar refractivity (Wildman–Crippen MR) is 73.2 cm³/mol. The lowest BCUT2D eigenvalue weighted by Crippen LogP contribution is -2.07. The van der Waals surface area contributed by atoms with E-state index in [0.717, 1.165) is 11.4 Å². The Morgan fingerprint density at radius 2 is 2.06 bits per heavy atom. The van der Waals surface area contributed by atoms with Crippen molar-refractivity contribution < 1.29 is 0 Å². The Bertz CT molecular complexity index is 529. The zero-order chi connectivity index (χ0) is 13.0. The minimum absolute atomic E-state index is 0.158. The van der Waals surface area contributed by atoms with Gasteiger partial charge in [-0.1, -0.05) is 6.92 Å². The largest absolute Gasteiger partial charge is 0.357 e. The maximum absolute atomic E-state index is 5.78. The molecule has 0 amide bonds. The van der Waals surface area contributed by atoms with Gasteiger partial charge in [0.05, 0.1) is 6.54 Å². The molecular formula is C10H13ClN6S. The van der Waals surface area contributed by atoms with Gasteiger partial charge in [0.25, 0.3) is 0 Å². The van der Waals surface area contributed by atoms with Crippen LogP contribution in [0.3, 0.4) is 0 Å². The van der Waals surface area contributed by atoms with Gasteiger partial charge in [-0.05, 0) is 18.0 Å². The second kappa shape index (κ2) is 5.92. The molecule has 18 heavy (non-hydrogen) atoms. The summed E-state index contributed by atoms with van der Waals surface area (Å²) in [6, 6.07) is 0. The highest BCUT2D eigenvalue weighted by Gasteiger charge is 2.05. The highest BCUT2D eigenvalue weighted by molar-refractivity contribution is 7.11. The monoisotopic (exact) mass is 284 g/mol. The number of halogens is 1. The van der Waals surface area contributed by atoms with Gasteiger partial charge in [-0.2, -0.15) is 15.0 Å². The fourth-order valence-corrected chi connectivity index (χ4v) is 2.25. The number of thiazole rings is 1. The molecular weight excluding hydrogens is 272 g/mol. The van der Waals surface area contributed by atoms with Gasteiger partial charge in [0.2, 0.25) is 17.2 Å². The summed E-state index contributed by atoms with van der Waals surface area (Å²) in [6.45, 7) is 2.68. The lowest BCUT2D eigenvalue weighted by atomic mass is 10.4. The Morgan fingerprint density at radius 3 is 2.72 bits per heavy atom. The van der Waals surface area contributed by atoms with Gasteiger partial charge < -0.3 is 10.6 Å². The minimum Gasteiger partial charge on any atom is -0.357 e. The van der Waals surface area contributed by atoms with E-state index in [1.54, 1.807) is 18.4 Å². The Labute approximate surface area is 114 Å². The van der Waals surface area contributed by atoms with Crippen molar-refractivity contribution >= 4 is 34.8 Å². The molecule has 2 rings (SSSR count). The molecule has 6 nitrogen and oxygen atoms in total. The third-order valence-electron chi connectivity index (χ3n) is 2.18. The van der Waals surface area contributed by atoms with Crippen molar-refractivity contribution in [1.82, 2.24) is 19.9 Å². The Morgan fingerprint density at radius 1 is 1.28 bits per heavy atom. The van der Waals surface area contributed by atoms with E-state index < -0.39 is 0 Å². The van der Waals surface area contributed by atoms with Crippen LogP contribution >= 0.6 is 22.9 Å². The van der Waals surface area contributed by atoms with Crippen LogP contribution in [0.1, 0.15) is 16.8 Å². The summed E-state index contributed by atoms with van der Waals surface area (Å²) in [5.41, 5.74) is 0. The molecule has 0 radical (unpaired) electrons. The molecule has 2 heterocycles. The first-order valence-corrected chi connectivity index (χ1v) is 6.67. The maximum atomic E-state index is 5.78. The number of nitrogens with zero attached hydrogens (tertiary/aromatic N) is 4. The van der Waals surface area contributed by atoms with Crippen LogP contribution in [0, 0.1) is 0 Å². The molecule has 8 heteroatoms. The summed E-state index contributed by atoms with van der Waals surface area (Å²) in [6.07, 6.45) is 2.89. The van der Waals surface area contributed by atoms with Crippen LogP contribution in [-0.4, -0.2) is 27.0 Å². The molecule has 0 aliphatic rings. The molecule has 0 spiro atoms. The lowest BCUT2D eigenvalue weighted by molar-refractivity contribution is 0.994. The first kappa shape index (κ1) is 13.0. The van der Waals surface area contributed by atoms with E-state index in [4.69, 9.17) is 11.6 Å². The molecule has 0 atom stereocenters. The summed E-state index contributed by atoms with van der Waals surface area (Å²) in [5.74, 6) is 0.874. The molecule has 0 aromatic carbocycles. The van der Waals surface area contributed by atoms with Gasteiger partial charge in [0, 0.05) is 18.1 Å². The molecule has 96 valence electrons. The van der Waals surface area contributed by atoms with E-state index in [0.29, 0.717) is 18.4 Å². The van der Waals surface area contributed by atoms with E-state index in [1.165, 1.54) is 4.88 Å². The fourth-order valence-electron chi connectivity index (χ4n) is 1.29. The third-order valence-corrected chi connectivity index (χ3v) is 3.49. The zero-order valence-electron chi connectivity index (χ0n) is 10.1. The van der Waals surface area contributed by atoms with Crippen LogP contribution in [0.2, 0.25) is 5.28 Å². The topological polar surface area (TPSA) is 75.6 Å². The maximum Gasteiger partial charge on any atom is 0.229 e. The van der Waals surface area contributed by atoms with E-state index in [1.807, 2.05) is 6.20 Å². The van der Waals surface area contributed by atoms with E-state index in [9.17, 15) is 0 Å². The summed E-state index contributed by atoms with van der Waals surface area (Å²) in [4.78, 5) is 17.6. The number of anilines is 2. The summed E-state index contributed by atoms with van der Waals surface area (Å²) in [7, 11) is 1.73. The van der Waals surface area contributed by atoms with Crippen LogP contribution in [0.5, 0.6) is 0 Å². The number of nitrogens with one attached hydrogen (secondary N) is 2. The average Bonchev–Trinajstić information content (AvgIpc) is 2.83. The van der Waals surface area contributed by atoms with Crippen molar-refractivity contribution in [3.05, 3.63) is 21.4 Å². The van der Waals surface area contributed by atoms with Crippen LogP contribution < -0.4 is 10.6 Å². The standard InChI is InChI=1S/C10H13ClN6S/c1-3-6-4-13-7(18-6)5-14-10-16-8(11)15-9(12-2)17-10/h4H,3,5H2,1-2H3,(H2,12,14,15,16,17). The highest BCUT2D eigenvalue weighted by Crippen LogP contribution is 2.15. The first-order chi connectivity index (χ1) is 8.71. The van der Waals surface area contributed by atoms with Crippen molar-refractivity contribution in [2.75, 3.05) is 17.7 Å². The Kier molecular flexibility index (Phi) is 4.27. The summed E-state index contributed by atoms with van der Waals surface area (Å²) < 4.78 is 0. The number of aromatic nitrogens is 4. The van der Waals surface area contributed by atoms with Gasteiger partial charge in [0.15, 0.2) is 0 Å². The van der Waals surface area contributed by atoms with Crippen LogP contribution in [0.4, 0.5) is 11.9 Å². The minimum atomic E-state index is 0.158. The van der Waals surface area contributed by atoms with Gasteiger partial charge in [-0.15, -0.1) is 11.3 Å². The quantitative estimate of drug-likeness (QED) is 0.877. The van der Waals surface area contributed by atoms with Gasteiger partial charge >= 0.3 is 0 Å². The van der Waals surface area contributed by atoms with Crippen LogP contribution in [-0.2, 0) is 13.0 Å². The average molecular weight is 285 g/mol. The number of hydrogen-bond donors (Lipinski definition) is 2. The molecule has 0 unspecified atom stereocenters. The van der Waals surface area contributed by atoms with E-state index in [-0.39, 0.29) is 5.28 Å². The summed E-state index contributed by atoms with van der Waals surface area (Å²) in [5, 5.41) is 7.05. The molecule has 2 aromatic rings. The van der Waals surface area contributed by atoms with Gasteiger partial charge in [-0.25, -0.2) is 4.98 Å². The van der Waals surface area contributed by atoms with Crippen molar-refractivity contribution in [3.8, 4) is 0 Å². The molecule has 0 saturated carbocycles. The van der Waals surface area contributed by atoms with E-state index in [2.05, 4.69) is 37.5 Å². The lowest BCUT2D eigenvalue weighted by Gasteiger charge is -2.04. The Hall–Kier alpha value is -1.47. The smallest absolute Gasteiger partial charge is 0.229 e. The molecule has 0 fully saturated rings. The SMILES string of the molecule is CCc1cnc(CNc2nc(Cl)nc(NC)n2)s1.